The molecule has 1 fully saturated rings. The van der Waals surface area contributed by atoms with Crippen LogP contribution in [0.3, 0.4) is 0 Å². The van der Waals surface area contributed by atoms with E-state index >= 15 is 0 Å². The molecule has 1 unspecified atom stereocenters. The molecule has 1 aromatic carbocycles. The number of nitrogens with zero attached hydrogens (tertiary/aromatic N) is 2. The Morgan fingerprint density at radius 3 is 2.73 bits per heavy atom. The van der Waals surface area contributed by atoms with E-state index in [2.05, 4.69) is 15.2 Å². The van der Waals surface area contributed by atoms with E-state index in [0.29, 0.717) is 37.1 Å². The molecule has 196 valence electrons. The van der Waals surface area contributed by atoms with Gasteiger partial charge in [0.15, 0.2) is 0 Å². The van der Waals surface area contributed by atoms with Crippen LogP contribution in [0.4, 0.5) is 5.69 Å². The summed E-state index contributed by atoms with van der Waals surface area (Å²) in [5, 5.41) is 6.03. The standard InChI is InChI=1S/C26H31N5O4S2/c1-37(34,35)31-12-9-17(10-13-31)21-15-20-22(8-7-19(25(27)32)24(20)29-21)30-11-4-5-18(16-30)28-26(33)23-6-2-3-14-36-23/h3,6-9,14-15,18,29H,2,4-5,10-13,16H2,1H3,(H2,27,32)(H,28,33). The van der Waals surface area contributed by atoms with Gasteiger partial charge in [0.1, 0.15) is 0 Å². The molecule has 1 aromatic heterocycles. The van der Waals surface area contributed by atoms with E-state index in [1.54, 1.807) is 6.07 Å². The Kier molecular flexibility index (Phi) is 7.19. The molecule has 3 aliphatic heterocycles. The second kappa shape index (κ2) is 10.4. The molecule has 2 aromatic rings. The number of hydrogen-bond acceptors (Lipinski definition) is 6. The van der Waals surface area contributed by atoms with Gasteiger partial charge in [-0.25, -0.2) is 8.42 Å². The molecule has 1 atom stereocenters. The highest BCUT2D eigenvalue weighted by atomic mass is 32.2. The van der Waals surface area contributed by atoms with Crippen LogP contribution in [-0.4, -0.2) is 68.0 Å². The molecule has 4 heterocycles. The lowest BCUT2D eigenvalue weighted by atomic mass is 10.0. The van der Waals surface area contributed by atoms with Crippen LogP contribution in [0, 0.1) is 0 Å². The molecule has 0 aliphatic carbocycles. The smallest absolute Gasteiger partial charge is 0.257 e. The first-order valence-electron chi connectivity index (χ1n) is 12.4. The summed E-state index contributed by atoms with van der Waals surface area (Å²) in [4.78, 5) is 31.3. The summed E-state index contributed by atoms with van der Waals surface area (Å²) in [6.07, 6.45) is 10.3. The number of primary amides is 1. The van der Waals surface area contributed by atoms with Crippen molar-refractivity contribution in [1.82, 2.24) is 14.6 Å². The molecule has 2 amide bonds. The van der Waals surface area contributed by atoms with Gasteiger partial charge < -0.3 is 20.9 Å². The van der Waals surface area contributed by atoms with Gasteiger partial charge in [0.05, 0.1) is 22.2 Å². The number of rotatable bonds is 6. The number of thioether (sulfide) groups is 1. The number of carbonyl (C=O) groups is 2. The first-order chi connectivity index (χ1) is 17.7. The van der Waals surface area contributed by atoms with E-state index in [4.69, 9.17) is 5.73 Å². The van der Waals surface area contributed by atoms with E-state index in [1.165, 1.54) is 22.3 Å². The minimum absolute atomic E-state index is 0.0148. The molecular weight excluding hydrogens is 510 g/mol. The van der Waals surface area contributed by atoms with Crippen LogP contribution in [-0.2, 0) is 14.8 Å². The summed E-state index contributed by atoms with van der Waals surface area (Å²) < 4.78 is 25.2. The number of sulfonamides is 1. The highest BCUT2D eigenvalue weighted by Gasteiger charge is 2.26. The van der Waals surface area contributed by atoms with Crippen LogP contribution in [0.1, 0.15) is 41.7 Å². The zero-order valence-corrected chi connectivity index (χ0v) is 22.3. The molecule has 9 nitrogen and oxygen atoms in total. The highest BCUT2D eigenvalue weighted by Crippen LogP contribution is 2.35. The molecule has 3 aliphatic rings. The van der Waals surface area contributed by atoms with Crippen LogP contribution in [0.5, 0.6) is 0 Å². The zero-order chi connectivity index (χ0) is 26.2. The first-order valence-corrected chi connectivity index (χ1v) is 15.1. The van der Waals surface area contributed by atoms with Crippen molar-refractivity contribution in [2.75, 3.05) is 37.3 Å². The quantitative estimate of drug-likeness (QED) is 0.516. The number of anilines is 1. The normalized spacial score (nSPS) is 21.0. The van der Waals surface area contributed by atoms with Crippen molar-refractivity contribution in [3.63, 3.8) is 0 Å². The van der Waals surface area contributed by atoms with E-state index in [-0.39, 0.29) is 11.9 Å². The maximum atomic E-state index is 12.7. The number of nitrogens with two attached hydrogens (primary N) is 1. The Morgan fingerprint density at radius 2 is 2.05 bits per heavy atom. The number of fused-ring (bicyclic) bond motifs is 1. The zero-order valence-electron chi connectivity index (χ0n) is 20.7. The molecule has 37 heavy (non-hydrogen) atoms. The Labute approximate surface area is 220 Å². The SMILES string of the molecule is CS(=O)(=O)N1CC=C(c2cc3c(N4CCCC(NC(=O)C5=CCC=CS5)C4)ccc(C(N)=O)c3[nH]2)CC1. The maximum Gasteiger partial charge on any atom is 0.257 e. The Hall–Kier alpha value is -3.02. The minimum Gasteiger partial charge on any atom is -0.369 e. The number of benzene rings is 1. The molecule has 0 bridgehead atoms. The van der Waals surface area contributed by atoms with Gasteiger partial charge in [0.2, 0.25) is 10.0 Å². The van der Waals surface area contributed by atoms with Gasteiger partial charge in [-0.3, -0.25) is 9.59 Å². The van der Waals surface area contributed by atoms with Crippen LogP contribution in [0.2, 0.25) is 0 Å². The van der Waals surface area contributed by atoms with Crippen LogP contribution < -0.4 is 16.0 Å². The molecule has 0 saturated carbocycles. The summed E-state index contributed by atoms with van der Waals surface area (Å²) in [5.74, 6) is -0.548. The molecule has 11 heteroatoms. The second-order valence-corrected chi connectivity index (χ2v) is 12.6. The molecule has 0 radical (unpaired) electrons. The van der Waals surface area contributed by atoms with Crippen molar-refractivity contribution < 1.29 is 18.0 Å². The van der Waals surface area contributed by atoms with E-state index in [1.807, 2.05) is 35.8 Å². The van der Waals surface area contributed by atoms with Crippen molar-refractivity contribution in [1.29, 1.82) is 0 Å². The second-order valence-electron chi connectivity index (χ2n) is 9.62. The van der Waals surface area contributed by atoms with Gasteiger partial charge in [-0.2, -0.15) is 4.31 Å². The Morgan fingerprint density at radius 1 is 1.22 bits per heavy atom. The van der Waals surface area contributed by atoms with Crippen LogP contribution in [0.25, 0.3) is 16.5 Å². The predicted octanol–water partition coefficient (Wildman–Crippen LogP) is 2.94. The van der Waals surface area contributed by atoms with E-state index < -0.39 is 15.9 Å². The third-order valence-corrected chi connectivity index (χ3v) is 9.28. The van der Waals surface area contributed by atoms with Gasteiger partial charge in [-0.1, -0.05) is 30.0 Å². The fourth-order valence-corrected chi connectivity index (χ4v) is 6.65. The lowest BCUT2D eigenvalue weighted by molar-refractivity contribution is -0.117. The van der Waals surface area contributed by atoms with E-state index in [0.717, 1.165) is 53.1 Å². The van der Waals surface area contributed by atoms with Crippen molar-refractivity contribution in [2.24, 2.45) is 5.73 Å². The van der Waals surface area contributed by atoms with Crippen LogP contribution in [0.15, 0.2) is 46.7 Å². The number of nitrogens with one attached hydrogen (secondary N) is 2. The number of H-pyrrole nitrogens is 1. The average molecular weight is 542 g/mol. The number of aromatic amines is 1. The summed E-state index contributed by atoms with van der Waals surface area (Å²) in [6, 6.07) is 5.71. The molecule has 4 N–H and O–H groups in total. The molecule has 5 rings (SSSR count). The minimum atomic E-state index is -3.24. The summed E-state index contributed by atoms with van der Waals surface area (Å²) in [6.45, 7) is 2.23. The largest absolute Gasteiger partial charge is 0.369 e. The van der Waals surface area contributed by atoms with Crippen LogP contribution >= 0.6 is 11.8 Å². The third-order valence-electron chi connectivity index (χ3n) is 7.07. The van der Waals surface area contributed by atoms with Gasteiger partial charge in [0, 0.05) is 49.0 Å². The van der Waals surface area contributed by atoms with Crippen molar-refractivity contribution in [3.05, 3.63) is 58.0 Å². The Bertz CT molecular complexity index is 1440. The number of allylic oxidation sites excluding steroid dienone is 2. The predicted molar refractivity (Wildman–Crippen MR) is 149 cm³/mol. The topological polar surface area (TPSA) is 129 Å². The Balaban J connectivity index is 1.41. The van der Waals surface area contributed by atoms with Crippen molar-refractivity contribution >= 4 is 55.8 Å². The summed E-state index contributed by atoms with van der Waals surface area (Å²) >= 11 is 1.45. The fraction of sp³-hybridized carbons (Fsp3) is 0.385. The van der Waals surface area contributed by atoms with Gasteiger partial charge >= 0.3 is 0 Å². The fourth-order valence-electron chi connectivity index (χ4n) is 5.17. The average Bonchev–Trinajstić information content (AvgIpc) is 3.34. The third kappa shape index (κ3) is 5.48. The highest BCUT2D eigenvalue weighted by molar-refractivity contribution is 8.06. The van der Waals surface area contributed by atoms with Crippen molar-refractivity contribution in [3.8, 4) is 0 Å². The van der Waals surface area contributed by atoms with Gasteiger partial charge in [0.25, 0.3) is 11.8 Å². The lowest BCUT2D eigenvalue weighted by Gasteiger charge is -2.35. The lowest BCUT2D eigenvalue weighted by Crippen LogP contribution is -2.48. The van der Waals surface area contributed by atoms with Gasteiger partial charge in [-0.05, 0) is 54.9 Å². The van der Waals surface area contributed by atoms with Crippen molar-refractivity contribution in [2.45, 2.75) is 31.7 Å². The summed E-state index contributed by atoms with van der Waals surface area (Å²) in [5.41, 5.74) is 9.62. The molecule has 0 spiro atoms. The first kappa shape index (κ1) is 25.6. The number of carbonyl (C=O) groups excluding carboxylic acids is 2. The summed E-state index contributed by atoms with van der Waals surface area (Å²) in [7, 11) is -3.24. The number of piperidine rings is 1. The number of amides is 2. The number of hydrogen-bond donors (Lipinski definition) is 3. The maximum absolute atomic E-state index is 12.7. The van der Waals surface area contributed by atoms with Gasteiger partial charge in [-0.15, -0.1) is 0 Å². The van der Waals surface area contributed by atoms with E-state index in [9.17, 15) is 18.0 Å². The molecular formula is C26H31N5O4S2. The monoisotopic (exact) mass is 541 g/mol. The number of aromatic nitrogens is 1. The molecule has 1 saturated heterocycles.